The summed E-state index contributed by atoms with van der Waals surface area (Å²) in [5.41, 5.74) is 7.16. The second-order valence-electron chi connectivity index (χ2n) is 6.10. The van der Waals surface area contributed by atoms with Gasteiger partial charge in [-0.05, 0) is 48.5 Å². The molecule has 0 radical (unpaired) electrons. The molecule has 156 valence electrons. The molecule has 1 heterocycles. The monoisotopic (exact) mass is 410 g/mol. The first-order valence-electron chi connectivity index (χ1n) is 8.95. The van der Waals surface area contributed by atoms with E-state index in [1.165, 1.54) is 0 Å². The maximum Gasteiger partial charge on any atom is 0.312 e. The molecule has 2 aromatic carbocycles. The van der Waals surface area contributed by atoms with Crippen molar-refractivity contribution in [2.45, 2.75) is 0 Å². The van der Waals surface area contributed by atoms with Crippen LogP contribution < -0.4 is 30.9 Å². The maximum absolute atomic E-state index is 10.9. The average Bonchev–Trinajstić information content (AvgIpc) is 3.14. The highest BCUT2D eigenvalue weighted by Crippen LogP contribution is 2.28. The molecule has 3 amide bonds. The van der Waals surface area contributed by atoms with Crippen molar-refractivity contribution in [2.75, 3.05) is 25.6 Å². The Kier molecular flexibility index (Phi) is 6.38. The Hall–Kier alpha value is -4.21. The molecule has 30 heavy (non-hydrogen) atoms. The van der Waals surface area contributed by atoms with E-state index in [0.29, 0.717) is 23.7 Å². The van der Waals surface area contributed by atoms with Crippen LogP contribution in [0.25, 0.3) is 16.9 Å². The predicted octanol–water partition coefficient (Wildman–Crippen LogP) is 1.35. The number of hydrogen-bond donors (Lipinski definition) is 3. The lowest BCUT2D eigenvalue weighted by atomic mass is 10.1. The van der Waals surface area contributed by atoms with Crippen LogP contribution in [0.3, 0.4) is 0 Å². The zero-order chi connectivity index (χ0) is 21.5. The molecule has 0 atom stereocenters. The molecule has 0 unspecified atom stereocenters. The van der Waals surface area contributed by atoms with Crippen LogP contribution in [-0.4, -0.2) is 42.2 Å². The van der Waals surface area contributed by atoms with Crippen LogP contribution in [0.4, 0.5) is 15.4 Å². The predicted molar refractivity (Wildman–Crippen MR) is 108 cm³/mol. The van der Waals surface area contributed by atoms with Crippen LogP contribution in [0.15, 0.2) is 54.6 Å². The number of nitrogens with one attached hydrogen (secondary N) is 2. The van der Waals surface area contributed by atoms with Crippen LogP contribution in [-0.2, 0) is 0 Å². The number of amides is 3. The van der Waals surface area contributed by atoms with E-state index in [2.05, 4.69) is 15.7 Å². The average molecular weight is 410 g/mol. The molecule has 0 fully saturated rings. The van der Waals surface area contributed by atoms with Crippen molar-refractivity contribution in [3.63, 3.8) is 0 Å². The molecule has 4 N–H and O–H groups in total. The normalized spacial score (nSPS) is 10.3. The lowest BCUT2D eigenvalue weighted by Crippen LogP contribution is -2.32. The third kappa shape index (κ3) is 5.19. The number of benzene rings is 2. The minimum Gasteiger partial charge on any atom is -0.530 e. The van der Waals surface area contributed by atoms with Crippen LogP contribution >= 0.6 is 0 Å². The van der Waals surface area contributed by atoms with Crippen molar-refractivity contribution >= 4 is 17.9 Å². The number of anilines is 1. The van der Waals surface area contributed by atoms with Crippen LogP contribution in [0.1, 0.15) is 0 Å². The van der Waals surface area contributed by atoms with E-state index < -0.39 is 12.1 Å². The molecule has 0 aliphatic rings. The Morgan fingerprint density at radius 1 is 1.10 bits per heavy atom. The Bertz CT molecular complexity index is 1020. The number of rotatable bonds is 8. The van der Waals surface area contributed by atoms with Crippen LogP contribution in [0.5, 0.6) is 11.5 Å². The first-order valence-corrected chi connectivity index (χ1v) is 8.95. The van der Waals surface area contributed by atoms with E-state index >= 15 is 0 Å². The fourth-order valence-corrected chi connectivity index (χ4v) is 2.74. The number of nitrogens with two attached hydrogens (primary N) is 1. The summed E-state index contributed by atoms with van der Waals surface area (Å²) in [6.07, 6.45) is -1.45. The number of primary amides is 1. The Balaban J connectivity index is 1.85. The second-order valence-corrected chi connectivity index (χ2v) is 6.10. The summed E-state index contributed by atoms with van der Waals surface area (Å²) in [5, 5.41) is 19.8. The molecule has 0 spiro atoms. The summed E-state index contributed by atoms with van der Waals surface area (Å²) >= 11 is 0. The zero-order valence-electron chi connectivity index (χ0n) is 16.1. The number of nitrogens with zero attached hydrogens (tertiary/aromatic N) is 2. The molecule has 3 aromatic rings. The fraction of sp³-hybridized carbons (Fsp3) is 0.150. The summed E-state index contributed by atoms with van der Waals surface area (Å²) in [6.45, 7) is 0.561. The largest absolute Gasteiger partial charge is 0.530 e. The number of urea groups is 1. The number of hydrogen-bond acceptors (Lipinski definition) is 6. The standard InChI is InChI=1S/C20H21N5O5/c1-29-15-8-4-14(5-9-15)25-17(12-18(24-25)23-20(27)28)13-2-6-16(7-3-13)30-11-10-22-19(21)26/h2-9,12H,10-11H2,1H3,(H,23,24)(H,27,28)(H3,21,22,26)/p-1. The maximum atomic E-state index is 10.9. The van der Waals surface area contributed by atoms with E-state index in [9.17, 15) is 14.7 Å². The second kappa shape index (κ2) is 9.32. The molecule has 0 saturated heterocycles. The summed E-state index contributed by atoms with van der Waals surface area (Å²) in [5.74, 6) is 1.43. The molecule has 10 heteroatoms. The van der Waals surface area contributed by atoms with Gasteiger partial charge in [-0.15, -0.1) is 5.10 Å². The molecule has 0 saturated carbocycles. The zero-order valence-corrected chi connectivity index (χ0v) is 16.1. The highest BCUT2D eigenvalue weighted by molar-refractivity contribution is 5.81. The van der Waals surface area contributed by atoms with Gasteiger partial charge in [0.1, 0.15) is 24.2 Å². The number of ether oxygens (including phenoxy) is 2. The molecule has 0 aliphatic carbocycles. The first-order chi connectivity index (χ1) is 14.5. The van der Waals surface area contributed by atoms with Gasteiger partial charge in [0.25, 0.3) is 0 Å². The van der Waals surface area contributed by atoms with E-state index in [4.69, 9.17) is 15.2 Å². The van der Waals surface area contributed by atoms with Gasteiger partial charge in [0.2, 0.25) is 0 Å². The van der Waals surface area contributed by atoms with Gasteiger partial charge in [-0.2, -0.15) is 0 Å². The summed E-state index contributed by atoms with van der Waals surface area (Å²) in [4.78, 5) is 21.6. The van der Waals surface area contributed by atoms with E-state index in [1.54, 1.807) is 54.3 Å². The third-order valence-corrected chi connectivity index (χ3v) is 4.08. The van der Waals surface area contributed by atoms with E-state index in [-0.39, 0.29) is 12.4 Å². The molecular weight excluding hydrogens is 390 g/mol. The van der Waals surface area contributed by atoms with Gasteiger partial charge in [-0.25, -0.2) is 9.48 Å². The third-order valence-electron chi connectivity index (χ3n) is 4.08. The van der Waals surface area contributed by atoms with Crippen LogP contribution in [0.2, 0.25) is 0 Å². The van der Waals surface area contributed by atoms with Crippen LogP contribution in [0, 0.1) is 0 Å². The van der Waals surface area contributed by atoms with Gasteiger partial charge < -0.3 is 35.7 Å². The summed E-state index contributed by atoms with van der Waals surface area (Å²) < 4.78 is 12.3. The van der Waals surface area contributed by atoms with E-state index in [0.717, 1.165) is 11.3 Å². The molecule has 0 aliphatic heterocycles. The smallest absolute Gasteiger partial charge is 0.312 e. The lowest BCUT2D eigenvalue weighted by Gasteiger charge is -2.10. The quantitative estimate of drug-likeness (QED) is 0.478. The SMILES string of the molecule is COc1ccc(-n2nc(NC(=O)[O-])cc2-c2ccc(OCCNC(N)=O)cc2)cc1. The van der Waals surface area contributed by atoms with E-state index in [1.807, 2.05) is 12.1 Å². The molecule has 10 nitrogen and oxygen atoms in total. The topological polar surface area (TPSA) is 144 Å². The minimum absolute atomic E-state index is 0.138. The summed E-state index contributed by atoms with van der Waals surface area (Å²) in [6, 6.07) is 15.3. The number of carbonyl (C=O) groups is 2. The van der Waals surface area contributed by atoms with Gasteiger partial charge >= 0.3 is 6.03 Å². The Morgan fingerprint density at radius 2 is 1.77 bits per heavy atom. The molecule has 3 rings (SSSR count). The van der Waals surface area contributed by atoms with Crippen molar-refractivity contribution in [3.05, 3.63) is 54.6 Å². The molecule has 0 bridgehead atoms. The Labute approximate surface area is 172 Å². The number of carbonyl (C=O) groups excluding carboxylic acids is 2. The van der Waals surface area contributed by atoms with Gasteiger partial charge in [0.05, 0.1) is 25.0 Å². The van der Waals surface area contributed by atoms with Crippen molar-refractivity contribution in [1.29, 1.82) is 0 Å². The van der Waals surface area contributed by atoms with Crippen molar-refractivity contribution in [1.82, 2.24) is 15.1 Å². The van der Waals surface area contributed by atoms with Crippen molar-refractivity contribution in [3.8, 4) is 28.4 Å². The lowest BCUT2D eigenvalue weighted by molar-refractivity contribution is -0.242. The first kappa shape index (κ1) is 20.5. The highest BCUT2D eigenvalue weighted by atomic mass is 16.5. The molecular formula is C20H20N5O5-. The Morgan fingerprint density at radius 3 is 2.37 bits per heavy atom. The van der Waals surface area contributed by atoms with Gasteiger partial charge in [-0.1, -0.05) is 0 Å². The fourth-order valence-electron chi connectivity index (χ4n) is 2.74. The van der Waals surface area contributed by atoms with Crippen molar-refractivity contribution in [2.24, 2.45) is 5.73 Å². The van der Waals surface area contributed by atoms with Gasteiger partial charge in [-0.3, -0.25) is 0 Å². The van der Waals surface area contributed by atoms with Crippen molar-refractivity contribution < 1.29 is 24.2 Å². The number of methoxy groups -OCH3 is 1. The summed E-state index contributed by atoms with van der Waals surface area (Å²) in [7, 11) is 1.57. The van der Waals surface area contributed by atoms with Gasteiger partial charge in [0, 0.05) is 11.6 Å². The van der Waals surface area contributed by atoms with Gasteiger partial charge in [0.15, 0.2) is 5.82 Å². The number of aromatic nitrogens is 2. The molecule has 1 aromatic heterocycles. The number of carboxylic acid groups (broad SMARTS) is 1. The highest BCUT2D eigenvalue weighted by Gasteiger charge is 2.12. The minimum atomic E-state index is -1.45.